The summed E-state index contributed by atoms with van der Waals surface area (Å²) in [7, 11) is 0. The molecule has 0 spiro atoms. The second-order valence-electron chi connectivity index (χ2n) is 3.62. The van der Waals surface area contributed by atoms with Gasteiger partial charge in [-0.1, -0.05) is 30.3 Å². The molecule has 0 aliphatic carbocycles. The quantitative estimate of drug-likeness (QED) is 0.760. The molecule has 70 valence electrons. The molecule has 0 radical (unpaired) electrons. The molecule has 0 fully saturated rings. The molecule has 0 saturated heterocycles. The average molecular weight is 177 g/mol. The first-order valence-electron chi connectivity index (χ1n) is 4.38. The van der Waals surface area contributed by atoms with E-state index < -0.39 is 5.41 Å². The van der Waals surface area contributed by atoms with E-state index in [4.69, 9.17) is 5.73 Å². The van der Waals surface area contributed by atoms with E-state index in [1.165, 1.54) is 0 Å². The highest BCUT2D eigenvalue weighted by Gasteiger charge is 2.27. The van der Waals surface area contributed by atoms with Crippen molar-refractivity contribution in [2.24, 2.45) is 5.73 Å². The van der Waals surface area contributed by atoms with Crippen molar-refractivity contribution in [2.45, 2.75) is 19.3 Å². The topological polar surface area (TPSA) is 43.1 Å². The van der Waals surface area contributed by atoms with Crippen LogP contribution >= 0.6 is 0 Å². The van der Waals surface area contributed by atoms with Crippen LogP contribution in [0.5, 0.6) is 0 Å². The lowest BCUT2D eigenvalue weighted by atomic mass is 9.81. The SMILES string of the molecule is CC(C)(C(=O)CN)c1ccccc1. The van der Waals surface area contributed by atoms with E-state index in [9.17, 15) is 4.79 Å². The maximum absolute atomic E-state index is 11.5. The molecule has 13 heavy (non-hydrogen) atoms. The van der Waals surface area contributed by atoms with Crippen LogP contribution in [0.15, 0.2) is 30.3 Å². The van der Waals surface area contributed by atoms with Crippen LogP contribution < -0.4 is 5.73 Å². The van der Waals surface area contributed by atoms with Gasteiger partial charge in [-0.05, 0) is 19.4 Å². The van der Waals surface area contributed by atoms with Crippen molar-refractivity contribution in [3.8, 4) is 0 Å². The molecule has 0 heterocycles. The van der Waals surface area contributed by atoms with E-state index in [1.807, 2.05) is 44.2 Å². The Morgan fingerprint density at radius 1 is 1.31 bits per heavy atom. The summed E-state index contributed by atoms with van der Waals surface area (Å²) in [6, 6.07) is 9.70. The maximum atomic E-state index is 11.5. The number of hydrogen-bond acceptors (Lipinski definition) is 2. The molecule has 2 nitrogen and oxygen atoms in total. The fraction of sp³-hybridized carbons (Fsp3) is 0.364. The largest absolute Gasteiger partial charge is 0.324 e. The number of rotatable bonds is 3. The van der Waals surface area contributed by atoms with E-state index in [1.54, 1.807) is 0 Å². The molecule has 0 aromatic heterocycles. The first-order chi connectivity index (χ1) is 6.09. The lowest BCUT2D eigenvalue weighted by Gasteiger charge is -2.22. The minimum absolute atomic E-state index is 0.0682. The summed E-state index contributed by atoms with van der Waals surface area (Å²) in [5, 5.41) is 0. The maximum Gasteiger partial charge on any atom is 0.156 e. The van der Waals surface area contributed by atoms with E-state index in [2.05, 4.69) is 0 Å². The van der Waals surface area contributed by atoms with Crippen molar-refractivity contribution in [3.63, 3.8) is 0 Å². The number of nitrogens with two attached hydrogens (primary N) is 1. The smallest absolute Gasteiger partial charge is 0.156 e. The second kappa shape index (κ2) is 3.71. The molecule has 0 atom stereocenters. The standard InChI is InChI=1S/C11H15NO/c1-11(2,10(13)8-12)9-6-4-3-5-7-9/h3-7H,8,12H2,1-2H3. The van der Waals surface area contributed by atoms with Crippen molar-refractivity contribution >= 4 is 5.78 Å². The molecule has 1 rings (SSSR count). The average Bonchev–Trinajstić information content (AvgIpc) is 2.18. The summed E-state index contributed by atoms with van der Waals surface area (Å²) in [5.41, 5.74) is 5.90. The number of benzene rings is 1. The molecule has 1 aromatic carbocycles. The minimum Gasteiger partial charge on any atom is -0.324 e. The van der Waals surface area contributed by atoms with Gasteiger partial charge in [0.1, 0.15) is 0 Å². The molecule has 0 aliphatic heterocycles. The van der Waals surface area contributed by atoms with Crippen molar-refractivity contribution < 1.29 is 4.79 Å². The summed E-state index contributed by atoms with van der Waals surface area (Å²) in [6.45, 7) is 3.90. The Labute approximate surface area is 78.8 Å². The van der Waals surface area contributed by atoms with Crippen molar-refractivity contribution in [1.29, 1.82) is 0 Å². The Morgan fingerprint density at radius 2 is 1.85 bits per heavy atom. The van der Waals surface area contributed by atoms with Crippen LogP contribution in [0.2, 0.25) is 0 Å². The van der Waals surface area contributed by atoms with Crippen LogP contribution in [-0.4, -0.2) is 12.3 Å². The third-order valence-electron chi connectivity index (χ3n) is 2.38. The van der Waals surface area contributed by atoms with Gasteiger partial charge in [-0.15, -0.1) is 0 Å². The summed E-state index contributed by atoms with van der Waals surface area (Å²) < 4.78 is 0. The van der Waals surface area contributed by atoms with Crippen LogP contribution in [0.25, 0.3) is 0 Å². The lowest BCUT2D eigenvalue weighted by molar-refractivity contribution is -0.122. The summed E-state index contributed by atoms with van der Waals surface area (Å²) in [5.74, 6) is 0.0682. The third-order valence-corrected chi connectivity index (χ3v) is 2.38. The molecule has 2 N–H and O–H groups in total. The Kier molecular flexibility index (Phi) is 2.83. The molecule has 0 amide bonds. The monoisotopic (exact) mass is 177 g/mol. The molecular formula is C11H15NO. The predicted molar refractivity (Wildman–Crippen MR) is 53.5 cm³/mol. The van der Waals surface area contributed by atoms with Gasteiger partial charge in [0.2, 0.25) is 0 Å². The molecule has 0 bridgehead atoms. The third kappa shape index (κ3) is 1.95. The van der Waals surface area contributed by atoms with Gasteiger partial charge in [-0.2, -0.15) is 0 Å². The highest BCUT2D eigenvalue weighted by atomic mass is 16.1. The first kappa shape index (κ1) is 9.93. The van der Waals surface area contributed by atoms with Crippen LogP contribution in [-0.2, 0) is 10.2 Å². The first-order valence-corrected chi connectivity index (χ1v) is 4.38. The Balaban J connectivity index is 3.00. The second-order valence-corrected chi connectivity index (χ2v) is 3.62. The Bertz CT molecular complexity index is 290. The van der Waals surface area contributed by atoms with E-state index >= 15 is 0 Å². The number of Topliss-reactive ketones (excluding diaryl/α,β-unsaturated/α-hetero) is 1. The number of hydrogen-bond donors (Lipinski definition) is 1. The highest BCUT2D eigenvalue weighted by molar-refractivity contribution is 5.90. The summed E-state index contributed by atoms with van der Waals surface area (Å²) in [6.07, 6.45) is 0. The van der Waals surface area contributed by atoms with Gasteiger partial charge in [0.25, 0.3) is 0 Å². The number of carbonyl (C=O) groups excluding carboxylic acids is 1. The fourth-order valence-corrected chi connectivity index (χ4v) is 1.27. The zero-order valence-corrected chi connectivity index (χ0v) is 8.08. The van der Waals surface area contributed by atoms with Crippen LogP contribution in [0.4, 0.5) is 0 Å². The van der Waals surface area contributed by atoms with Crippen LogP contribution in [0, 0.1) is 0 Å². The van der Waals surface area contributed by atoms with Crippen LogP contribution in [0.3, 0.4) is 0 Å². The molecule has 0 unspecified atom stereocenters. The molecular weight excluding hydrogens is 162 g/mol. The summed E-state index contributed by atoms with van der Waals surface area (Å²) in [4.78, 5) is 11.5. The number of carbonyl (C=O) groups is 1. The minimum atomic E-state index is -0.462. The van der Waals surface area contributed by atoms with Gasteiger partial charge in [0.15, 0.2) is 5.78 Å². The van der Waals surface area contributed by atoms with Gasteiger partial charge in [-0.3, -0.25) is 4.79 Å². The Hall–Kier alpha value is -1.15. The van der Waals surface area contributed by atoms with Gasteiger partial charge in [0, 0.05) is 5.41 Å². The van der Waals surface area contributed by atoms with Crippen LogP contribution in [0.1, 0.15) is 19.4 Å². The zero-order chi connectivity index (χ0) is 9.90. The summed E-state index contributed by atoms with van der Waals surface area (Å²) >= 11 is 0. The van der Waals surface area contributed by atoms with Gasteiger partial charge in [-0.25, -0.2) is 0 Å². The van der Waals surface area contributed by atoms with Gasteiger partial charge < -0.3 is 5.73 Å². The highest BCUT2D eigenvalue weighted by Crippen LogP contribution is 2.23. The van der Waals surface area contributed by atoms with E-state index in [-0.39, 0.29) is 12.3 Å². The lowest BCUT2D eigenvalue weighted by Crippen LogP contribution is -2.34. The Morgan fingerprint density at radius 3 is 2.31 bits per heavy atom. The fourth-order valence-electron chi connectivity index (χ4n) is 1.27. The van der Waals surface area contributed by atoms with E-state index in [0.29, 0.717) is 0 Å². The van der Waals surface area contributed by atoms with Crippen molar-refractivity contribution in [3.05, 3.63) is 35.9 Å². The number of ketones is 1. The zero-order valence-electron chi connectivity index (χ0n) is 8.08. The normalized spacial score (nSPS) is 11.3. The predicted octanol–water partition coefficient (Wildman–Crippen LogP) is 1.49. The van der Waals surface area contributed by atoms with E-state index in [0.717, 1.165) is 5.56 Å². The van der Waals surface area contributed by atoms with Gasteiger partial charge >= 0.3 is 0 Å². The van der Waals surface area contributed by atoms with Crippen molar-refractivity contribution in [2.75, 3.05) is 6.54 Å². The molecule has 0 saturated carbocycles. The molecule has 1 aromatic rings. The molecule has 0 aliphatic rings. The molecule has 2 heteroatoms. The van der Waals surface area contributed by atoms with Gasteiger partial charge in [0.05, 0.1) is 6.54 Å². The van der Waals surface area contributed by atoms with Crippen molar-refractivity contribution in [1.82, 2.24) is 0 Å².